The van der Waals surface area contributed by atoms with Crippen molar-refractivity contribution in [2.75, 3.05) is 26.5 Å². The van der Waals surface area contributed by atoms with E-state index in [2.05, 4.69) is 5.32 Å². The third kappa shape index (κ3) is 6.53. The summed E-state index contributed by atoms with van der Waals surface area (Å²) in [6.45, 7) is 2.91. The minimum absolute atomic E-state index is 0.0132. The second kappa shape index (κ2) is 9.28. The first kappa shape index (κ1) is 17.4. The van der Waals surface area contributed by atoms with Crippen LogP contribution >= 0.6 is 11.8 Å². The zero-order valence-electron chi connectivity index (χ0n) is 12.7. The predicted octanol–water partition coefficient (Wildman–Crippen LogP) is 2.50. The van der Waals surface area contributed by atoms with E-state index in [9.17, 15) is 9.59 Å². The Labute approximate surface area is 130 Å². The van der Waals surface area contributed by atoms with Crippen molar-refractivity contribution in [2.24, 2.45) is 0 Å². The largest absolute Gasteiger partial charge is 0.450 e. The molecule has 5 nitrogen and oxygen atoms in total. The smallest absolute Gasteiger partial charge is 0.407 e. The molecule has 21 heavy (non-hydrogen) atoms. The Hall–Kier alpha value is -1.69. The number of thioether (sulfide) groups is 1. The molecule has 0 aliphatic rings. The fraction of sp³-hybridized carbons (Fsp3) is 0.467. The van der Waals surface area contributed by atoms with Crippen molar-refractivity contribution in [1.29, 1.82) is 0 Å². The standard InChI is InChI=1S/C15H22N2O3S/c1-4-20-15(19)16-10-9-14(18)17(2)11-12-5-7-13(21-3)8-6-12/h5-8H,4,9-11H2,1-3H3,(H,16,19). The van der Waals surface area contributed by atoms with Gasteiger partial charge in [0, 0.05) is 31.5 Å². The van der Waals surface area contributed by atoms with Crippen LogP contribution < -0.4 is 5.32 Å². The summed E-state index contributed by atoms with van der Waals surface area (Å²) in [5.74, 6) is -0.0132. The van der Waals surface area contributed by atoms with E-state index < -0.39 is 6.09 Å². The zero-order chi connectivity index (χ0) is 15.7. The molecule has 1 aromatic carbocycles. The predicted molar refractivity (Wildman–Crippen MR) is 84.3 cm³/mol. The van der Waals surface area contributed by atoms with Crippen molar-refractivity contribution in [1.82, 2.24) is 10.2 Å². The average molecular weight is 310 g/mol. The Bertz CT molecular complexity index is 462. The Kier molecular flexibility index (Phi) is 7.68. The Balaban J connectivity index is 2.34. The molecule has 0 saturated carbocycles. The highest BCUT2D eigenvalue weighted by atomic mass is 32.2. The minimum atomic E-state index is -0.486. The van der Waals surface area contributed by atoms with Gasteiger partial charge in [-0.25, -0.2) is 4.79 Å². The Morgan fingerprint density at radius 2 is 1.95 bits per heavy atom. The van der Waals surface area contributed by atoms with Crippen LogP contribution in [0.15, 0.2) is 29.2 Å². The van der Waals surface area contributed by atoms with E-state index in [0.29, 0.717) is 13.2 Å². The number of carbonyl (C=O) groups excluding carboxylic acids is 2. The van der Waals surface area contributed by atoms with Crippen molar-refractivity contribution < 1.29 is 14.3 Å². The molecule has 0 saturated heterocycles. The molecule has 0 aromatic heterocycles. The summed E-state index contributed by atoms with van der Waals surface area (Å²) in [4.78, 5) is 25.9. The first-order valence-electron chi connectivity index (χ1n) is 6.84. The molecular weight excluding hydrogens is 288 g/mol. The molecule has 0 heterocycles. The molecule has 116 valence electrons. The lowest BCUT2D eigenvalue weighted by molar-refractivity contribution is -0.130. The highest BCUT2D eigenvalue weighted by molar-refractivity contribution is 7.98. The van der Waals surface area contributed by atoms with Crippen molar-refractivity contribution in [2.45, 2.75) is 24.8 Å². The molecule has 0 unspecified atom stereocenters. The molecule has 6 heteroatoms. The molecular formula is C15H22N2O3S. The van der Waals surface area contributed by atoms with Crippen LogP contribution in [0.5, 0.6) is 0 Å². The van der Waals surface area contributed by atoms with E-state index in [0.717, 1.165) is 5.56 Å². The van der Waals surface area contributed by atoms with Crippen LogP contribution in [0.4, 0.5) is 4.79 Å². The number of alkyl carbamates (subject to hydrolysis) is 1. The Morgan fingerprint density at radius 3 is 2.52 bits per heavy atom. The molecule has 0 atom stereocenters. The molecule has 0 spiro atoms. The summed E-state index contributed by atoms with van der Waals surface area (Å²) in [6, 6.07) is 8.13. The minimum Gasteiger partial charge on any atom is -0.450 e. The van der Waals surface area contributed by atoms with Gasteiger partial charge in [0.05, 0.1) is 6.61 Å². The number of ether oxygens (including phenoxy) is 1. The fourth-order valence-corrected chi connectivity index (χ4v) is 2.15. The van der Waals surface area contributed by atoms with Gasteiger partial charge >= 0.3 is 6.09 Å². The molecule has 0 fully saturated rings. The summed E-state index contributed by atoms with van der Waals surface area (Å²) in [7, 11) is 1.76. The first-order chi connectivity index (χ1) is 10.1. The van der Waals surface area contributed by atoms with Crippen molar-refractivity contribution in [3.05, 3.63) is 29.8 Å². The summed E-state index contributed by atoms with van der Waals surface area (Å²) in [6.07, 6.45) is 1.81. The zero-order valence-corrected chi connectivity index (χ0v) is 13.5. The van der Waals surface area contributed by atoms with E-state index in [1.54, 1.807) is 30.6 Å². The van der Waals surface area contributed by atoms with Gasteiger partial charge in [-0.3, -0.25) is 4.79 Å². The van der Waals surface area contributed by atoms with Crippen LogP contribution in [-0.2, 0) is 16.1 Å². The quantitative estimate of drug-likeness (QED) is 0.786. The molecule has 2 amide bonds. The summed E-state index contributed by atoms with van der Waals surface area (Å²) in [5, 5.41) is 2.54. The van der Waals surface area contributed by atoms with Gasteiger partial charge in [0.1, 0.15) is 0 Å². The molecule has 1 rings (SSSR count). The number of nitrogens with zero attached hydrogens (tertiary/aromatic N) is 1. The van der Waals surface area contributed by atoms with Crippen molar-refractivity contribution >= 4 is 23.8 Å². The molecule has 0 aliphatic carbocycles. The van der Waals surface area contributed by atoms with Crippen LogP contribution in [0.3, 0.4) is 0 Å². The molecule has 0 bridgehead atoms. The third-order valence-electron chi connectivity index (χ3n) is 2.89. The summed E-state index contributed by atoms with van der Waals surface area (Å²) >= 11 is 1.69. The number of carbonyl (C=O) groups is 2. The van der Waals surface area contributed by atoms with Crippen LogP contribution in [-0.4, -0.2) is 43.4 Å². The van der Waals surface area contributed by atoms with Gasteiger partial charge in [0.25, 0.3) is 0 Å². The molecule has 1 aromatic rings. The van der Waals surface area contributed by atoms with Crippen LogP contribution in [0, 0.1) is 0 Å². The monoisotopic (exact) mass is 310 g/mol. The van der Waals surface area contributed by atoms with E-state index >= 15 is 0 Å². The lowest BCUT2D eigenvalue weighted by Crippen LogP contribution is -2.32. The normalized spacial score (nSPS) is 10.0. The third-order valence-corrected chi connectivity index (χ3v) is 3.63. The SMILES string of the molecule is CCOC(=O)NCCC(=O)N(C)Cc1ccc(SC)cc1. The highest BCUT2D eigenvalue weighted by Crippen LogP contribution is 2.15. The highest BCUT2D eigenvalue weighted by Gasteiger charge is 2.10. The maximum Gasteiger partial charge on any atom is 0.407 e. The summed E-state index contributed by atoms with van der Waals surface area (Å²) < 4.78 is 4.72. The average Bonchev–Trinajstić information content (AvgIpc) is 2.48. The van der Waals surface area contributed by atoms with Crippen LogP contribution in [0.2, 0.25) is 0 Å². The maximum absolute atomic E-state index is 11.9. The molecule has 1 N–H and O–H groups in total. The second-order valence-electron chi connectivity index (χ2n) is 4.50. The molecule has 0 radical (unpaired) electrons. The maximum atomic E-state index is 11.9. The van der Waals surface area contributed by atoms with Gasteiger partial charge in [-0.05, 0) is 30.9 Å². The topological polar surface area (TPSA) is 58.6 Å². The number of benzene rings is 1. The number of amides is 2. The number of hydrogen-bond acceptors (Lipinski definition) is 4. The van der Waals surface area contributed by atoms with Gasteiger partial charge < -0.3 is 15.0 Å². The van der Waals surface area contributed by atoms with Gasteiger partial charge in [-0.15, -0.1) is 11.8 Å². The van der Waals surface area contributed by atoms with Crippen LogP contribution in [0.25, 0.3) is 0 Å². The van der Waals surface area contributed by atoms with Crippen molar-refractivity contribution in [3.8, 4) is 0 Å². The second-order valence-corrected chi connectivity index (χ2v) is 5.37. The Morgan fingerprint density at radius 1 is 1.29 bits per heavy atom. The van der Waals surface area contributed by atoms with Crippen molar-refractivity contribution in [3.63, 3.8) is 0 Å². The van der Waals surface area contributed by atoms with E-state index in [1.807, 2.05) is 30.5 Å². The number of nitrogens with one attached hydrogen (secondary N) is 1. The van der Waals surface area contributed by atoms with E-state index in [4.69, 9.17) is 4.74 Å². The van der Waals surface area contributed by atoms with E-state index in [-0.39, 0.29) is 18.9 Å². The lowest BCUT2D eigenvalue weighted by Gasteiger charge is -2.17. The molecule has 0 aliphatic heterocycles. The van der Waals surface area contributed by atoms with Gasteiger partial charge in [-0.1, -0.05) is 12.1 Å². The first-order valence-corrected chi connectivity index (χ1v) is 8.06. The summed E-state index contributed by atoms with van der Waals surface area (Å²) in [5.41, 5.74) is 1.09. The number of rotatable bonds is 7. The van der Waals surface area contributed by atoms with Gasteiger partial charge in [0.2, 0.25) is 5.91 Å². The number of hydrogen-bond donors (Lipinski definition) is 1. The van der Waals surface area contributed by atoms with Gasteiger partial charge in [-0.2, -0.15) is 0 Å². The lowest BCUT2D eigenvalue weighted by atomic mass is 10.2. The fourth-order valence-electron chi connectivity index (χ4n) is 1.74. The van der Waals surface area contributed by atoms with E-state index in [1.165, 1.54) is 4.90 Å². The van der Waals surface area contributed by atoms with Gasteiger partial charge in [0.15, 0.2) is 0 Å². The van der Waals surface area contributed by atoms with Crippen LogP contribution in [0.1, 0.15) is 18.9 Å².